The van der Waals surface area contributed by atoms with E-state index in [4.69, 9.17) is 11.6 Å². The van der Waals surface area contributed by atoms with E-state index in [1.165, 1.54) is 12.1 Å². The van der Waals surface area contributed by atoms with Gasteiger partial charge in [-0.15, -0.1) is 10.2 Å². The minimum Gasteiger partial charge on any atom is -0.375 e. The normalized spacial score (nSPS) is 10.6. The third kappa shape index (κ3) is 6.08. The van der Waals surface area contributed by atoms with E-state index in [2.05, 4.69) is 20.3 Å². The van der Waals surface area contributed by atoms with Gasteiger partial charge in [-0.3, -0.25) is 4.79 Å². The molecule has 1 aromatic rings. The monoisotopic (exact) mass is 265 g/mol. The second-order valence-corrected chi connectivity index (χ2v) is 3.39. The Labute approximate surface area is 101 Å². The zero-order valence-corrected chi connectivity index (χ0v) is 9.45. The van der Waals surface area contributed by atoms with Gasteiger partial charge in [0.2, 0.25) is 5.91 Å². The second kappa shape index (κ2) is 7.08. The van der Waals surface area contributed by atoms with Gasteiger partial charge in [0.1, 0.15) is 6.61 Å². The molecule has 0 aromatic carbocycles. The lowest BCUT2D eigenvalue weighted by molar-refractivity contribution is -0.117. The maximum Gasteiger partial charge on any atom is 0.261 e. The number of amides is 1. The van der Waals surface area contributed by atoms with E-state index in [-0.39, 0.29) is 24.0 Å². The van der Waals surface area contributed by atoms with E-state index in [0.717, 1.165) is 0 Å². The summed E-state index contributed by atoms with van der Waals surface area (Å²) in [5, 5.41) is 9.75. The van der Waals surface area contributed by atoms with Crippen LogP contribution in [-0.2, 0) is 9.53 Å². The van der Waals surface area contributed by atoms with Gasteiger partial charge in [-0.1, -0.05) is 11.6 Å². The number of anilines is 1. The minimum absolute atomic E-state index is 0.0307. The molecule has 94 valence electrons. The number of carbonyl (C=O) groups is 1. The molecule has 1 amide bonds. The van der Waals surface area contributed by atoms with Gasteiger partial charge in [0.15, 0.2) is 11.0 Å². The number of alkyl halides is 2. The molecule has 0 aliphatic heterocycles. The van der Waals surface area contributed by atoms with Crippen LogP contribution in [0.15, 0.2) is 12.1 Å². The highest BCUT2D eigenvalue weighted by atomic mass is 35.5. The molecular weight excluding hydrogens is 256 g/mol. The van der Waals surface area contributed by atoms with Crippen molar-refractivity contribution < 1.29 is 18.3 Å². The molecule has 0 unspecified atom stereocenters. The van der Waals surface area contributed by atoms with Crippen LogP contribution in [0, 0.1) is 0 Å². The van der Waals surface area contributed by atoms with Crippen LogP contribution in [-0.4, -0.2) is 35.7 Å². The van der Waals surface area contributed by atoms with Gasteiger partial charge in [0.05, 0.1) is 13.0 Å². The number of halogens is 3. The van der Waals surface area contributed by atoms with Crippen molar-refractivity contribution in [3.8, 4) is 0 Å². The molecule has 0 aliphatic rings. The van der Waals surface area contributed by atoms with E-state index in [0.29, 0.717) is 0 Å². The summed E-state index contributed by atoms with van der Waals surface area (Å²) in [7, 11) is 0. The van der Waals surface area contributed by atoms with Crippen LogP contribution < -0.4 is 5.32 Å². The highest BCUT2D eigenvalue weighted by Crippen LogP contribution is 2.06. The smallest absolute Gasteiger partial charge is 0.261 e. The van der Waals surface area contributed by atoms with E-state index in [1.807, 2.05) is 0 Å². The van der Waals surface area contributed by atoms with Crippen molar-refractivity contribution >= 4 is 23.3 Å². The Morgan fingerprint density at radius 3 is 2.82 bits per heavy atom. The highest BCUT2D eigenvalue weighted by Gasteiger charge is 2.06. The second-order valence-electron chi connectivity index (χ2n) is 3.01. The molecule has 0 bridgehead atoms. The zero-order valence-electron chi connectivity index (χ0n) is 8.70. The van der Waals surface area contributed by atoms with Crippen molar-refractivity contribution in [1.82, 2.24) is 10.2 Å². The minimum atomic E-state index is -2.53. The quantitative estimate of drug-likeness (QED) is 0.796. The van der Waals surface area contributed by atoms with Crippen LogP contribution >= 0.6 is 11.6 Å². The van der Waals surface area contributed by atoms with E-state index < -0.39 is 18.9 Å². The van der Waals surface area contributed by atoms with Gasteiger partial charge in [-0.05, 0) is 12.1 Å². The highest BCUT2D eigenvalue weighted by molar-refractivity contribution is 6.29. The zero-order chi connectivity index (χ0) is 12.7. The molecule has 0 fully saturated rings. The Bertz CT molecular complexity index is 362. The topological polar surface area (TPSA) is 64.1 Å². The van der Waals surface area contributed by atoms with E-state index in [1.54, 1.807) is 0 Å². The summed E-state index contributed by atoms with van der Waals surface area (Å²) in [5.74, 6) is -0.149. The Morgan fingerprint density at radius 1 is 1.47 bits per heavy atom. The third-order valence-corrected chi connectivity index (χ3v) is 1.82. The number of hydrogen-bond acceptors (Lipinski definition) is 4. The summed E-state index contributed by atoms with van der Waals surface area (Å²) < 4.78 is 27.9. The Kier molecular flexibility index (Phi) is 5.71. The molecule has 5 nitrogen and oxygen atoms in total. The first-order valence-electron chi connectivity index (χ1n) is 4.73. The maximum atomic E-state index is 11.7. The summed E-state index contributed by atoms with van der Waals surface area (Å²) in [4.78, 5) is 11.3. The third-order valence-electron chi connectivity index (χ3n) is 1.62. The molecule has 0 radical (unpaired) electrons. The van der Waals surface area contributed by atoms with Gasteiger partial charge < -0.3 is 10.1 Å². The molecule has 1 N–H and O–H groups in total. The van der Waals surface area contributed by atoms with Gasteiger partial charge in [0.25, 0.3) is 6.43 Å². The SMILES string of the molecule is O=C(CCOCC(F)F)Nc1ccc(Cl)nn1. The average Bonchev–Trinajstić information content (AvgIpc) is 2.27. The van der Waals surface area contributed by atoms with Gasteiger partial charge in [0, 0.05) is 0 Å². The number of nitrogens with zero attached hydrogens (tertiary/aromatic N) is 2. The molecule has 0 saturated carbocycles. The summed E-state index contributed by atoms with van der Waals surface area (Å²) in [6.07, 6.45) is -2.56. The summed E-state index contributed by atoms with van der Waals surface area (Å²) >= 11 is 5.50. The molecule has 0 aliphatic carbocycles. The summed E-state index contributed by atoms with van der Waals surface area (Å²) in [5.41, 5.74) is 0. The van der Waals surface area contributed by atoms with Crippen LogP contribution in [0.1, 0.15) is 6.42 Å². The van der Waals surface area contributed by atoms with Crippen molar-refractivity contribution in [2.24, 2.45) is 0 Å². The fourth-order valence-corrected chi connectivity index (χ4v) is 1.03. The van der Waals surface area contributed by atoms with E-state index >= 15 is 0 Å². The largest absolute Gasteiger partial charge is 0.375 e. The van der Waals surface area contributed by atoms with Crippen molar-refractivity contribution in [1.29, 1.82) is 0 Å². The number of rotatable bonds is 6. The molecule has 1 rings (SSSR count). The van der Waals surface area contributed by atoms with Crippen LogP contribution in [0.25, 0.3) is 0 Å². The first-order chi connectivity index (χ1) is 8.08. The summed E-state index contributed by atoms with van der Waals surface area (Å²) in [6.45, 7) is -0.745. The van der Waals surface area contributed by atoms with Gasteiger partial charge >= 0.3 is 0 Å². The van der Waals surface area contributed by atoms with Crippen LogP contribution in [0.5, 0.6) is 0 Å². The van der Waals surface area contributed by atoms with Crippen LogP contribution in [0.3, 0.4) is 0 Å². The standard InChI is InChI=1S/C9H10ClF2N3O2/c10-6-1-2-8(15-14-6)13-9(16)3-4-17-5-7(11)12/h1-2,7H,3-5H2,(H,13,15,16). The lowest BCUT2D eigenvalue weighted by Crippen LogP contribution is -2.16. The van der Waals surface area contributed by atoms with E-state index in [9.17, 15) is 13.6 Å². The van der Waals surface area contributed by atoms with Crippen molar-refractivity contribution in [3.05, 3.63) is 17.3 Å². The Hall–Kier alpha value is -1.34. The Balaban J connectivity index is 2.23. The van der Waals surface area contributed by atoms with Crippen molar-refractivity contribution in [2.45, 2.75) is 12.8 Å². The average molecular weight is 266 g/mol. The summed E-state index contributed by atoms with van der Waals surface area (Å²) in [6, 6.07) is 2.95. The Morgan fingerprint density at radius 2 is 2.24 bits per heavy atom. The fraction of sp³-hybridized carbons (Fsp3) is 0.444. The molecule has 0 spiro atoms. The van der Waals surface area contributed by atoms with Gasteiger partial charge in [-0.2, -0.15) is 0 Å². The fourth-order valence-electron chi connectivity index (χ4n) is 0.925. The molecule has 0 saturated heterocycles. The number of nitrogens with one attached hydrogen (secondary N) is 1. The molecule has 17 heavy (non-hydrogen) atoms. The predicted octanol–water partition coefficient (Wildman–Crippen LogP) is 1.74. The first-order valence-corrected chi connectivity index (χ1v) is 5.10. The first kappa shape index (κ1) is 13.7. The number of carbonyl (C=O) groups excluding carboxylic acids is 1. The van der Waals surface area contributed by atoms with Crippen LogP contribution in [0.4, 0.5) is 14.6 Å². The molecular formula is C9H10ClF2N3O2. The number of aromatic nitrogens is 2. The molecule has 1 aromatic heterocycles. The predicted molar refractivity (Wildman–Crippen MR) is 57.1 cm³/mol. The van der Waals surface area contributed by atoms with Crippen LogP contribution in [0.2, 0.25) is 5.15 Å². The number of ether oxygens (including phenoxy) is 1. The van der Waals surface area contributed by atoms with Crippen molar-refractivity contribution in [3.63, 3.8) is 0 Å². The number of hydrogen-bond donors (Lipinski definition) is 1. The maximum absolute atomic E-state index is 11.7. The molecule has 8 heteroatoms. The lowest BCUT2D eigenvalue weighted by atomic mass is 10.4. The molecule has 1 heterocycles. The van der Waals surface area contributed by atoms with Gasteiger partial charge in [-0.25, -0.2) is 8.78 Å². The lowest BCUT2D eigenvalue weighted by Gasteiger charge is -2.04. The molecule has 0 atom stereocenters. The van der Waals surface area contributed by atoms with Crippen molar-refractivity contribution in [2.75, 3.05) is 18.5 Å².